The predicted molar refractivity (Wildman–Crippen MR) is 135 cm³/mol. The van der Waals surface area contributed by atoms with E-state index in [9.17, 15) is 4.79 Å². The van der Waals surface area contributed by atoms with Gasteiger partial charge in [0.25, 0.3) is 0 Å². The van der Waals surface area contributed by atoms with Crippen molar-refractivity contribution in [2.24, 2.45) is 0 Å². The largest absolute Gasteiger partial charge is 0.378 e. The molecule has 0 bridgehead atoms. The van der Waals surface area contributed by atoms with Gasteiger partial charge in [-0.05, 0) is 42.3 Å². The summed E-state index contributed by atoms with van der Waals surface area (Å²) >= 11 is 7.62. The lowest BCUT2D eigenvalue weighted by Crippen LogP contribution is -2.15. The van der Waals surface area contributed by atoms with Gasteiger partial charge in [-0.1, -0.05) is 78.0 Å². The van der Waals surface area contributed by atoms with Crippen LogP contribution in [0.25, 0.3) is 0 Å². The van der Waals surface area contributed by atoms with Crippen molar-refractivity contribution < 1.29 is 4.79 Å². The molecular formula is C25H24ClN5OS. The van der Waals surface area contributed by atoms with Crippen molar-refractivity contribution >= 4 is 40.6 Å². The highest BCUT2D eigenvalue weighted by atomic mass is 35.5. The first-order valence-corrected chi connectivity index (χ1v) is 11.9. The molecule has 1 amide bonds. The number of benzene rings is 3. The molecule has 1 aromatic heterocycles. The highest BCUT2D eigenvalue weighted by Gasteiger charge is 2.15. The third kappa shape index (κ3) is 6.37. The van der Waals surface area contributed by atoms with Crippen LogP contribution >= 0.6 is 23.4 Å². The van der Waals surface area contributed by atoms with E-state index in [1.165, 1.54) is 11.8 Å². The van der Waals surface area contributed by atoms with Crippen LogP contribution < -0.4 is 10.6 Å². The average Bonchev–Trinajstić information content (AvgIpc) is 3.21. The molecular weight excluding hydrogens is 454 g/mol. The van der Waals surface area contributed by atoms with Crippen molar-refractivity contribution in [1.29, 1.82) is 0 Å². The minimum absolute atomic E-state index is 0.0885. The number of para-hydroxylation sites is 1. The molecule has 1 heterocycles. The summed E-state index contributed by atoms with van der Waals surface area (Å²) in [5, 5.41) is 16.4. The third-order valence-corrected chi connectivity index (χ3v) is 6.36. The molecule has 8 heteroatoms. The van der Waals surface area contributed by atoms with Crippen molar-refractivity contribution in [3.05, 3.63) is 101 Å². The Hall–Kier alpha value is -3.29. The second-order valence-electron chi connectivity index (χ2n) is 7.49. The average molecular weight is 478 g/mol. The van der Waals surface area contributed by atoms with Crippen molar-refractivity contribution in [2.75, 3.05) is 16.4 Å². The fourth-order valence-electron chi connectivity index (χ4n) is 3.21. The minimum Gasteiger partial charge on any atom is -0.378 e. The number of thioether (sulfide) groups is 1. The van der Waals surface area contributed by atoms with Crippen LogP contribution in [0.4, 0.5) is 11.4 Å². The zero-order chi connectivity index (χ0) is 23.0. The van der Waals surface area contributed by atoms with Gasteiger partial charge in [0.05, 0.1) is 18.8 Å². The van der Waals surface area contributed by atoms with Gasteiger partial charge in [0, 0.05) is 16.4 Å². The van der Waals surface area contributed by atoms with Crippen LogP contribution in [0, 0.1) is 6.92 Å². The first-order chi connectivity index (χ1) is 16.1. The van der Waals surface area contributed by atoms with Gasteiger partial charge in [0.15, 0.2) is 11.0 Å². The Bertz CT molecular complexity index is 1210. The number of rotatable bonds is 9. The monoisotopic (exact) mass is 477 g/mol. The number of carbonyl (C=O) groups excluding carboxylic acids is 1. The molecule has 6 nitrogen and oxygen atoms in total. The zero-order valence-corrected chi connectivity index (χ0v) is 19.7. The zero-order valence-electron chi connectivity index (χ0n) is 18.2. The molecule has 0 fully saturated rings. The van der Waals surface area contributed by atoms with Crippen molar-refractivity contribution in [3.63, 3.8) is 0 Å². The topological polar surface area (TPSA) is 71.8 Å². The summed E-state index contributed by atoms with van der Waals surface area (Å²) in [6, 6.07) is 25.4. The van der Waals surface area contributed by atoms with Gasteiger partial charge >= 0.3 is 0 Å². The number of nitrogens with one attached hydrogen (secondary N) is 2. The standard InChI is InChI=1S/C25H24ClN5OS/c1-18-12-13-21(14-22(18)26)27-15-23-29-30-25(31(23)16-19-8-4-2-5-9-19)33-17-24(32)28-20-10-6-3-7-11-20/h2-14,27H,15-17H2,1H3,(H,28,32). The minimum atomic E-state index is -0.0885. The Kier molecular flexibility index (Phi) is 7.65. The third-order valence-electron chi connectivity index (χ3n) is 4.99. The Labute approximate surface area is 202 Å². The lowest BCUT2D eigenvalue weighted by Gasteiger charge is -2.12. The number of hydrogen-bond donors (Lipinski definition) is 2. The first kappa shape index (κ1) is 22.9. The molecule has 0 spiro atoms. The normalized spacial score (nSPS) is 10.7. The van der Waals surface area contributed by atoms with Crippen molar-refractivity contribution in [2.45, 2.75) is 25.2 Å². The smallest absolute Gasteiger partial charge is 0.234 e. The van der Waals surface area contributed by atoms with Crippen LogP contribution in [0.5, 0.6) is 0 Å². The second kappa shape index (κ2) is 11.0. The Morgan fingerprint density at radius 1 is 0.970 bits per heavy atom. The number of anilines is 2. The number of aromatic nitrogens is 3. The van der Waals surface area contributed by atoms with E-state index in [1.807, 2.05) is 78.2 Å². The van der Waals surface area contributed by atoms with Crippen molar-refractivity contribution in [1.82, 2.24) is 14.8 Å². The quantitative estimate of drug-likeness (QED) is 0.305. The van der Waals surface area contributed by atoms with Gasteiger partial charge in [-0.15, -0.1) is 10.2 Å². The van der Waals surface area contributed by atoms with Crippen LogP contribution in [-0.4, -0.2) is 26.4 Å². The molecule has 0 radical (unpaired) electrons. The van der Waals surface area contributed by atoms with Gasteiger partial charge in [0.2, 0.25) is 5.91 Å². The number of amides is 1. The summed E-state index contributed by atoms with van der Waals surface area (Å²) in [5.41, 5.74) is 3.85. The van der Waals surface area contributed by atoms with Crippen LogP contribution in [0.3, 0.4) is 0 Å². The molecule has 2 N–H and O–H groups in total. The van der Waals surface area contributed by atoms with Crippen LogP contribution in [0.2, 0.25) is 5.02 Å². The fraction of sp³-hybridized carbons (Fsp3) is 0.160. The molecule has 0 atom stereocenters. The Morgan fingerprint density at radius 2 is 1.70 bits per heavy atom. The highest BCUT2D eigenvalue weighted by Crippen LogP contribution is 2.22. The summed E-state index contributed by atoms with van der Waals surface area (Å²) in [6.07, 6.45) is 0. The van der Waals surface area contributed by atoms with Gasteiger partial charge in [-0.25, -0.2) is 0 Å². The van der Waals surface area contributed by atoms with Crippen LogP contribution in [0.1, 0.15) is 17.0 Å². The number of nitrogens with zero attached hydrogens (tertiary/aromatic N) is 3. The summed E-state index contributed by atoms with van der Waals surface area (Å²) < 4.78 is 2.04. The van der Waals surface area contributed by atoms with E-state index in [1.54, 1.807) is 0 Å². The molecule has 33 heavy (non-hydrogen) atoms. The number of carbonyl (C=O) groups is 1. The molecule has 4 rings (SSSR count). The molecule has 0 saturated heterocycles. The lowest BCUT2D eigenvalue weighted by atomic mass is 10.2. The van der Waals surface area contributed by atoms with E-state index < -0.39 is 0 Å². The van der Waals surface area contributed by atoms with Crippen molar-refractivity contribution in [3.8, 4) is 0 Å². The maximum Gasteiger partial charge on any atom is 0.234 e. The van der Waals surface area contributed by atoms with Gasteiger partial charge < -0.3 is 15.2 Å². The Balaban J connectivity index is 1.47. The van der Waals surface area contributed by atoms with E-state index in [-0.39, 0.29) is 11.7 Å². The maximum atomic E-state index is 12.4. The van der Waals surface area contributed by atoms with E-state index in [4.69, 9.17) is 11.6 Å². The predicted octanol–water partition coefficient (Wildman–Crippen LogP) is 5.63. The number of hydrogen-bond acceptors (Lipinski definition) is 5. The molecule has 0 aliphatic rings. The number of halogens is 1. The van der Waals surface area contributed by atoms with E-state index in [2.05, 4.69) is 33.0 Å². The van der Waals surface area contributed by atoms with Gasteiger partial charge in [0.1, 0.15) is 0 Å². The first-order valence-electron chi connectivity index (χ1n) is 10.5. The lowest BCUT2D eigenvalue weighted by molar-refractivity contribution is -0.113. The van der Waals surface area contributed by atoms with Gasteiger partial charge in [-0.3, -0.25) is 4.79 Å². The summed E-state index contributed by atoms with van der Waals surface area (Å²) in [6.45, 7) is 3.07. The van der Waals surface area contributed by atoms with E-state index in [0.29, 0.717) is 23.3 Å². The number of aryl methyl sites for hydroxylation is 1. The highest BCUT2D eigenvalue weighted by molar-refractivity contribution is 7.99. The second-order valence-corrected chi connectivity index (χ2v) is 8.84. The fourth-order valence-corrected chi connectivity index (χ4v) is 4.15. The van der Waals surface area contributed by atoms with Crippen LogP contribution in [-0.2, 0) is 17.9 Å². The SMILES string of the molecule is Cc1ccc(NCc2nnc(SCC(=O)Nc3ccccc3)n2Cc2ccccc2)cc1Cl. The molecule has 0 aliphatic heterocycles. The molecule has 0 aliphatic carbocycles. The van der Waals surface area contributed by atoms with Crippen LogP contribution in [0.15, 0.2) is 84.0 Å². The molecule has 0 saturated carbocycles. The molecule has 168 valence electrons. The molecule has 0 unspecified atom stereocenters. The maximum absolute atomic E-state index is 12.4. The van der Waals surface area contributed by atoms with E-state index in [0.717, 1.165) is 28.3 Å². The summed E-state index contributed by atoms with van der Waals surface area (Å²) in [7, 11) is 0. The molecule has 4 aromatic rings. The molecule has 3 aromatic carbocycles. The summed E-state index contributed by atoms with van der Waals surface area (Å²) in [5.74, 6) is 0.930. The van der Waals surface area contributed by atoms with E-state index >= 15 is 0 Å². The Morgan fingerprint density at radius 3 is 2.42 bits per heavy atom. The summed E-state index contributed by atoms with van der Waals surface area (Å²) in [4.78, 5) is 12.4. The van der Waals surface area contributed by atoms with Gasteiger partial charge in [-0.2, -0.15) is 0 Å².